The number of hydrogen-bond acceptors (Lipinski definition) is 7. The molecular formula is C29H26N2O5S. The molecule has 1 aliphatic heterocycles. The van der Waals surface area contributed by atoms with Gasteiger partial charge in [0.05, 0.1) is 35.5 Å². The van der Waals surface area contributed by atoms with E-state index in [0.717, 1.165) is 22.2 Å². The van der Waals surface area contributed by atoms with Crippen molar-refractivity contribution in [2.24, 2.45) is 0 Å². The molecule has 0 saturated carbocycles. The molecule has 1 aliphatic rings. The second-order valence-corrected chi connectivity index (χ2v) is 9.56. The molecule has 188 valence electrons. The average Bonchev–Trinajstić information content (AvgIpc) is 3.46. The van der Waals surface area contributed by atoms with Crippen LogP contribution >= 0.6 is 11.3 Å². The van der Waals surface area contributed by atoms with Gasteiger partial charge in [-0.15, -0.1) is 0 Å². The monoisotopic (exact) mass is 514 g/mol. The van der Waals surface area contributed by atoms with E-state index in [1.807, 2.05) is 19.1 Å². The Morgan fingerprint density at radius 1 is 1.00 bits per heavy atom. The highest BCUT2D eigenvalue weighted by Crippen LogP contribution is 2.44. The average molecular weight is 515 g/mol. The number of anilines is 1. The molecule has 1 saturated heterocycles. The fourth-order valence-electron chi connectivity index (χ4n) is 4.44. The van der Waals surface area contributed by atoms with Crippen molar-refractivity contribution < 1.29 is 24.2 Å². The third-order valence-electron chi connectivity index (χ3n) is 6.37. The summed E-state index contributed by atoms with van der Waals surface area (Å²) >= 11 is 1.35. The van der Waals surface area contributed by atoms with Crippen LogP contribution in [0.2, 0.25) is 0 Å². The maximum atomic E-state index is 13.5. The van der Waals surface area contributed by atoms with Gasteiger partial charge >= 0.3 is 5.91 Å². The number of aliphatic hydroxyl groups excluding tert-OH is 1. The Bertz CT molecular complexity index is 1510. The molecule has 1 aromatic heterocycles. The van der Waals surface area contributed by atoms with E-state index < -0.39 is 17.7 Å². The van der Waals surface area contributed by atoms with Crippen LogP contribution in [-0.4, -0.2) is 35.5 Å². The lowest BCUT2D eigenvalue weighted by Crippen LogP contribution is -2.29. The normalized spacial score (nSPS) is 16.9. The Labute approximate surface area is 218 Å². The van der Waals surface area contributed by atoms with Gasteiger partial charge in [-0.05, 0) is 73.0 Å². The molecule has 0 bridgehead atoms. The molecule has 1 N–H and O–H groups in total. The van der Waals surface area contributed by atoms with Crippen LogP contribution in [0.3, 0.4) is 0 Å². The van der Waals surface area contributed by atoms with Crippen molar-refractivity contribution >= 4 is 44.1 Å². The van der Waals surface area contributed by atoms with Crippen molar-refractivity contribution in [3.8, 4) is 11.5 Å². The molecule has 7 nitrogen and oxygen atoms in total. The van der Waals surface area contributed by atoms with Crippen molar-refractivity contribution in [3.05, 3.63) is 89.0 Å². The maximum Gasteiger partial charge on any atom is 0.301 e. The highest BCUT2D eigenvalue weighted by molar-refractivity contribution is 7.22. The minimum atomic E-state index is -0.857. The van der Waals surface area contributed by atoms with Gasteiger partial charge < -0.3 is 14.6 Å². The molecule has 0 unspecified atom stereocenters. The minimum Gasteiger partial charge on any atom is -0.507 e. The molecule has 2 heterocycles. The summed E-state index contributed by atoms with van der Waals surface area (Å²) < 4.78 is 11.7. The van der Waals surface area contributed by atoms with Crippen LogP contribution in [0.1, 0.15) is 36.6 Å². The van der Waals surface area contributed by atoms with E-state index in [4.69, 9.17) is 14.5 Å². The summed E-state index contributed by atoms with van der Waals surface area (Å²) in [5.74, 6) is -0.465. The molecule has 1 fully saturated rings. The smallest absolute Gasteiger partial charge is 0.301 e. The number of carbonyl (C=O) groups is 2. The van der Waals surface area contributed by atoms with E-state index in [9.17, 15) is 14.7 Å². The summed E-state index contributed by atoms with van der Waals surface area (Å²) in [5, 5.41) is 11.7. The minimum absolute atomic E-state index is 0.00725. The van der Waals surface area contributed by atoms with Crippen LogP contribution in [0.25, 0.3) is 16.0 Å². The zero-order valence-corrected chi connectivity index (χ0v) is 21.5. The number of aryl methyl sites for hydroxylation is 1. The van der Waals surface area contributed by atoms with Gasteiger partial charge in [-0.2, -0.15) is 0 Å². The second kappa shape index (κ2) is 10.1. The molecule has 0 radical (unpaired) electrons. The third-order valence-corrected chi connectivity index (χ3v) is 7.39. The summed E-state index contributed by atoms with van der Waals surface area (Å²) in [6, 6.07) is 19.0. The van der Waals surface area contributed by atoms with Gasteiger partial charge in [-0.1, -0.05) is 36.5 Å². The van der Waals surface area contributed by atoms with Crippen LogP contribution in [-0.2, 0) is 16.0 Å². The van der Waals surface area contributed by atoms with E-state index in [2.05, 4.69) is 13.0 Å². The number of aromatic nitrogens is 1. The van der Waals surface area contributed by atoms with Gasteiger partial charge in [-0.3, -0.25) is 14.5 Å². The number of thiazole rings is 1. The molecule has 1 amide bonds. The van der Waals surface area contributed by atoms with E-state index >= 15 is 0 Å². The fraction of sp³-hybridized carbons (Fsp3) is 0.207. The molecule has 1 atom stereocenters. The number of Topliss-reactive ketones (excluding diaryl/α,β-unsaturated/α-hetero) is 1. The van der Waals surface area contributed by atoms with E-state index in [-0.39, 0.29) is 11.3 Å². The highest BCUT2D eigenvalue weighted by Gasteiger charge is 2.48. The molecule has 37 heavy (non-hydrogen) atoms. The van der Waals surface area contributed by atoms with Crippen LogP contribution in [0.15, 0.2) is 72.3 Å². The lowest BCUT2D eigenvalue weighted by atomic mass is 9.95. The number of fused-ring (bicyclic) bond motifs is 1. The summed E-state index contributed by atoms with van der Waals surface area (Å²) in [7, 11) is 1.55. The molecule has 5 rings (SSSR count). The van der Waals surface area contributed by atoms with Crippen LogP contribution in [0, 0.1) is 0 Å². The van der Waals surface area contributed by atoms with Crippen molar-refractivity contribution in [3.63, 3.8) is 0 Å². The number of ketones is 1. The standard InChI is InChI=1S/C29H26N2O5S/c1-4-17-6-15-22-23(16-17)37-29(30-22)31-25(18-7-13-21(14-8-18)36-5-2)24(27(33)28(31)34)26(32)19-9-11-20(35-3)12-10-19/h6-16,25,32H,4-5H2,1-3H3/b26-24+/t25-/m0/s1. The van der Waals surface area contributed by atoms with E-state index in [0.29, 0.717) is 34.4 Å². The van der Waals surface area contributed by atoms with Crippen LogP contribution in [0.5, 0.6) is 11.5 Å². The zero-order chi connectivity index (χ0) is 26.1. The summed E-state index contributed by atoms with van der Waals surface area (Å²) in [4.78, 5) is 33.0. The first-order valence-electron chi connectivity index (χ1n) is 12.0. The summed E-state index contributed by atoms with van der Waals surface area (Å²) in [6.07, 6.45) is 0.877. The summed E-state index contributed by atoms with van der Waals surface area (Å²) in [5.41, 5.74) is 2.98. The van der Waals surface area contributed by atoms with Crippen molar-refractivity contribution in [2.75, 3.05) is 18.6 Å². The number of nitrogens with zero attached hydrogens (tertiary/aromatic N) is 2. The van der Waals surface area contributed by atoms with Crippen molar-refractivity contribution in [1.29, 1.82) is 0 Å². The number of aliphatic hydroxyl groups is 1. The third kappa shape index (κ3) is 4.44. The van der Waals surface area contributed by atoms with E-state index in [1.165, 1.54) is 16.2 Å². The molecule has 8 heteroatoms. The number of hydrogen-bond donors (Lipinski definition) is 1. The Hall–Kier alpha value is -4.17. The van der Waals surface area contributed by atoms with E-state index in [1.54, 1.807) is 55.6 Å². The maximum absolute atomic E-state index is 13.5. The largest absolute Gasteiger partial charge is 0.507 e. The Morgan fingerprint density at radius 3 is 2.35 bits per heavy atom. The number of carbonyl (C=O) groups excluding carboxylic acids is 2. The lowest BCUT2D eigenvalue weighted by molar-refractivity contribution is -0.132. The number of rotatable bonds is 7. The first kappa shape index (κ1) is 24.5. The molecule has 4 aromatic rings. The Kier molecular flexibility index (Phi) is 6.67. The highest BCUT2D eigenvalue weighted by atomic mass is 32.1. The summed E-state index contributed by atoms with van der Waals surface area (Å²) in [6.45, 7) is 4.49. The van der Waals surface area contributed by atoms with Gasteiger partial charge in [0.2, 0.25) is 0 Å². The molecule has 0 aliphatic carbocycles. The zero-order valence-electron chi connectivity index (χ0n) is 20.7. The number of ether oxygens (including phenoxy) is 2. The van der Waals surface area contributed by atoms with Crippen LogP contribution < -0.4 is 14.4 Å². The van der Waals surface area contributed by atoms with Gasteiger partial charge in [0.15, 0.2) is 5.13 Å². The number of methoxy groups -OCH3 is 1. The fourth-order valence-corrected chi connectivity index (χ4v) is 5.50. The molecular weight excluding hydrogens is 488 g/mol. The second-order valence-electron chi connectivity index (χ2n) is 8.55. The topological polar surface area (TPSA) is 89.0 Å². The first-order valence-corrected chi connectivity index (χ1v) is 12.8. The quantitative estimate of drug-likeness (QED) is 0.188. The SMILES string of the molecule is CCOc1ccc([C@H]2/C(=C(\O)c3ccc(OC)cc3)C(=O)C(=O)N2c2nc3ccc(CC)cc3s2)cc1. The predicted molar refractivity (Wildman–Crippen MR) is 144 cm³/mol. The van der Waals surface area contributed by atoms with Crippen LogP contribution in [0.4, 0.5) is 5.13 Å². The van der Waals surface area contributed by atoms with Gasteiger partial charge in [0.25, 0.3) is 5.78 Å². The Balaban J connectivity index is 1.67. The molecule has 0 spiro atoms. The van der Waals surface area contributed by atoms with Gasteiger partial charge in [0, 0.05) is 5.56 Å². The predicted octanol–water partition coefficient (Wildman–Crippen LogP) is 5.89. The number of benzene rings is 3. The number of amides is 1. The van der Waals surface area contributed by atoms with Gasteiger partial charge in [0.1, 0.15) is 17.3 Å². The van der Waals surface area contributed by atoms with Gasteiger partial charge in [-0.25, -0.2) is 4.98 Å². The lowest BCUT2D eigenvalue weighted by Gasteiger charge is -2.23. The van der Waals surface area contributed by atoms with Crippen molar-refractivity contribution in [2.45, 2.75) is 26.3 Å². The molecule has 3 aromatic carbocycles. The first-order chi connectivity index (χ1) is 17.9. The Morgan fingerprint density at radius 2 is 1.70 bits per heavy atom. The van der Waals surface area contributed by atoms with Crippen molar-refractivity contribution in [1.82, 2.24) is 4.98 Å².